The molecule has 0 amide bonds. The number of likely N-dealkylation sites (tertiary alicyclic amines) is 1. The van der Waals surface area contributed by atoms with E-state index in [0.29, 0.717) is 0 Å². The average molecular weight is 218 g/mol. The van der Waals surface area contributed by atoms with E-state index in [2.05, 4.69) is 11.0 Å². The lowest BCUT2D eigenvalue weighted by Gasteiger charge is -2.32. The molecular weight excluding hydrogens is 203 g/mol. The lowest BCUT2D eigenvalue weighted by molar-refractivity contribution is 0.193. The van der Waals surface area contributed by atoms with Gasteiger partial charge in [0.25, 0.3) is 0 Å². The lowest BCUT2D eigenvalue weighted by atomic mass is 9.92. The summed E-state index contributed by atoms with van der Waals surface area (Å²) in [6.45, 7) is 3.80. The second-order valence-electron chi connectivity index (χ2n) is 4.39. The van der Waals surface area contributed by atoms with Gasteiger partial charge in [0.2, 0.25) is 0 Å². The zero-order valence-corrected chi connectivity index (χ0v) is 9.41. The van der Waals surface area contributed by atoms with Gasteiger partial charge in [-0.05, 0) is 50.6 Å². The molecule has 1 aromatic rings. The summed E-state index contributed by atoms with van der Waals surface area (Å²) in [5.41, 5.74) is 0.253. The minimum absolute atomic E-state index is 0.259. The molecule has 0 aromatic heterocycles. The van der Waals surface area contributed by atoms with Crippen molar-refractivity contribution < 1.29 is 4.39 Å². The first-order chi connectivity index (χ1) is 7.66. The first kappa shape index (κ1) is 11.1. The molecule has 0 spiro atoms. The Labute approximate surface area is 95.3 Å². The summed E-state index contributed by atoms with van der Waals surface area (Å²) in [7, 11) is 0. The Morgan fingerprint density at radius 2 is 1.81 bits per heavy atom. The molecule has 3 heteroatoms. The molecule has 2 nitrogen and oxygen atoms in total. The van der Waals surface area contributed by atoms with Gasteiger partial charge in [0.05, 0.1) is 6.07 Å². The summed E-state index contributed by atoms with van der Waals surface area (Å²) >= 11 is 0. The fraction of sp³-hybridized carbons (Fsp3) is 0.462. The number of rotatable bonds is 2. The van der Waals surface area contributed by atoms with Crippen molar-refractivity contribution in [1.29, 1.82) is 5.26 Å². The predicted octanol–water partition coefficient (Wildman–Crippen LogP) is 2.66. The maximum atomic E-state index is 12.9. The largest absolute Gasteiger partial charge is 0.282 e. The van der Waals surface area contributed by atoms with Crippen LogP contribution < -0.4 is 0 Å². The van der Waals surface area contributed by atoms with Gasteiger partial charge in [-0.2, -0.15) is 5.26 Å². The Hall–Kier alpha value is -1.40. The highest BCUT2D eigenvalue weighted by atomic mass is 19.1. The van der Waals surface area contributed by atoms with Crippen molar-refractivity contribution in [1.82, 2.24) is 4.90 Å². The van der Waals surface area contributed by atoms with Gasteiger partial charge in [0.15, 0.2) is 0 Å². The van der Waals surface area contributed by atoms with Crippen LogP contribution in [0.1, 0.15) is 25.3 Å². The van der Waals surface area contributed by atoms with Gasteiger partial charge in [0.1, 0.15) is 11.4 Å². The van der Waals surface area contributed by atoms with E-state index in [0.717, 1.165) is 31.5 Å². The van der Waals surface area contributed by atoms with Crippen LogP contribution in [0.3, 0.4) is 0 Å². The summed E-state index contributed by atoms with van der Waals surface area (Å²) in [6, 6.07) is 8.61. The standard InChI is InChI=1S/C13H15FN2/c1-13(10-15,16-8-2-3-9-16)11-4-6-12(14)7-5-11/h4-7H,2-3,8-9H2,1H3. The molecule has 0 saturated carbocycles. The quantitative estimate of drug-likeness (QED) is 0.763. The molecule has 1 heterocycles. The van der Waals surface area contributed by atoms with Gasteiger partial charge in [-0.25, -0.2) is 4.39 Å². The molecule has 1 aliphatic heterocycles. The third-order valence-electron chi connectivity index (χ3n) is 3.36. The SMILES string of the molecule is CC(C#N)(c1ccc(F)cc1)N1CCCC1. The number of hydrogen-bond acceptors (Lipinski definition) is 2. The zero-order valence-electron chi connectivity index (χ0n) is 9.41. The number of halogens is 1. The molecule has 84 valence electrons. The first-order valence-electron chi connectivity index (χ1n) is 5.59. The van der Waals surface area contributed by atoms with Crippen LogP contribution in [0, 0.1) is 17.1 Å². The van der Waals surface area contributed by atoms with Crippen LogP contribution in [0.5, 0.6) is 0 Å². The van der Waals surface area contributed by atoms with E-state index in [4.69, 9.17) is 0 Å². The number of nitrogens with zero attached hydrogens (tertiary/aromatic N) is 2. The second-order valence-corrected chi connectivity index (χ2v) is 4.39. The molecule has 0 N–H and O–H groups in total. The molecule has 1 saturated heterocycles. The Morgan fingerprint density at radius 1 is 1.25 bits per heavy atom. The van der Waals surface area contributed by atoms with E-state index in [1.165, 1.54) is 12.1 Å². The Kier molecular flexibility index (Phi) is 2.93. The van der Waals surface area contributed by atoms with E-state index < -0.39 is 5.54 Å². The fourth-order valence-corrected chi connectivity index (χ4v) is 2.26. The maximum Gasteiger partial charge on any atom is 0.131 e. The monoisotopic (exact) mass is 218 g/mol. The Bertz CT molecular complexity index is 401. The number of hydrogen-bond donors (Lipinski definition) is 0. The maximum absolute atomic E-state index is 12.9. The highest BCUT2D eigenvalue weighted by molar-refractivity contribution is 5.31. The minimum Gasteiger partial charge on any atom is -0.282 e. The van der Waals surface area contributed by atoms with Crippen LogP contribution in [-0.2, 0) is 5.54 Å². The third-order valence-corrected chi connectivity index (χ3v) is 3.36. The van der Waals surface area contributed by atoms with Crippen molar-refractivity contribution in [3.8, 4) is 6.07 Å². The molecule has 0 aliphatic carbocycles. The minimum atomic E-state index is -0.621. The summed E-state index contributed by atoms with van der Waals surface area (Å²) in [4.78, 5) is 2.17. The van der Waals surface area contributed by atoms with Gasteiger partial charge < -0.3 is 0 Å². The van der Waals surface area contributed by atoms with Crippen molar-refractivity contribution in [3.05, 3.63) is 35.6 Å². The van der Waals surface area contributed by atoms with E-state index in [-0.39, 0.29) is 5.82 Å². The summed E-state index contributed by atoms with van der Waals surface area (Å²) in [5, 5.41) is 9.38. The van der Waals surface area contributed by atoms with Crippen LogP contribution >= 0.6 is 0 Å². The second kappa shape index (κ2) is 4.23. The molecule has 0 bridgehead atoms. The zero-order chi connectivity index (χ0) is 11.6. The average Bonchev–Trinajstić information content (AvgIpc) is 2.83. The van der Waals surface area contributed by atoms with Crippen LogP contribution in [0.15, 0.2) is 24.3 Å². The lowest BCUT2D eigenvalue weighted by Crippen LogP contribution is -2.40. The highest BCUT2D eigenvalue weighted by Gasteiger charge is 2.35. The van der Waals surface area contributed by atoms with Gasteiger partial charge in [-0.1, -0.05) is 12.1 Å². The molecule has 1 atom stereocenters. The van der Waals surface area contributed by atoms with Crippen LogP contribution in [0.2, 0.25) is 0 Å². The van der Waals surface area contributed by atoms with E-state index in [1.54, 1.807) is 12.1 Å². The van der Waals surface area contributed by atoms with Crippen molar-refractivity contribution in [2.24, 2.45) is 0 Å². The van der Waals surface area contributed by atoms with Gasteiger partial charge in [-0.3, -0.25) is 4.90 Å². The topological polar surface area (TPSA) is 27.0 Å². The first-order valence-corrected chi connectivity index (χ1v) is 5.59. The third kappa shape index (κ3) is 1.81. The van der Waals surface area contributed by atoms with Crippen LogP contribution in [-0.4, -0.2) is 18.0 Å². The highest BCUT2D eigenvalue weighted by Crippen LogP contribution is 2.30. The van der Waals surface area contributed by atoms with Gasteiger partial charge in [0, 0.05) is 0 Å². The van der Waals surface area contributed by atoms with Crippen molar-refractivity contribution in [2.75, 3.05) is 13.1 Å². The number of benzene rings is 1. The molecule has 1 unspecified atom stereocenters. The van der Waals surface area contributed by atoms with Crippen molar-refractivity contribution in [3.63, 3.8) is 0 Å². The van der Waals surface area contributed by atoms with E-state index >= 15 is 0 Å². The van der Waals surface area contributed by atoms with Crippen LogP contribution in [0.4, 0.5) is 4.39 Å². The molecule has 1 aromatic carbocycles. The summed E-state index contributed by atoms with van der Waals surface area (Å²) < 4.78 is 12.9. The summed E-state index contributed by atoms with van der Waals surface area (Å²) in [5.74, 6) is -0.259. The molecule has 0 radical (unpaired) electrons. The predicted molar refractivity (Wildman–Crippen MR) is 60.2 cm³/mol. The van der Waals surface area contributed by atoms with E-state index in [1.807, 2.05) is 6.92 Å². The van der Waals surface area contributed by atoms with Gasteiger partial charge in [-0.15, -0.1) is 0 Å². The molecule has 16 heavy (non-hydrogen) atoms. The number of nitriles is 1. The van der Waals surface area contributed by atoms with Crippen molar-refractivity contribution in [2.45, 2.75) is 25.3 Å². The molecule has 1 aliphatic rings. The van der Waals surface area contributed by atoms with E-state index in [9.17, 15) is 9.65 Å². The molecule has 1 fully saturated rings. The Morgan fingerprint density at radius 3 is 2.31 bits per heavy atom. The molecular formula is C13H15FN2. The smallest absolute Gasteiger partial charge is 0.131 e. The van der Waals surface area contributed by atoms with Crippen LogP contribution in [0.25, 0.3) is 0 Å². The fourth-order valence-electron chi connectivity index (χ4n) is 2.26. The molecule has 2 rings (SSSR count). The Balaban J connectivity index is 2.34. The van der Waals surface area contributed by atoms with Crippen molar-refractivity contribution >= 4 is 0 Å². The van der Waals surface area contributed by atoms with Gasteiger partial charge >= 0.3 is 0 Å². The normalized spacial score (nSPS) is 20.3. The summed E-state index contributed by atoms with van der Waals surface area (Å²) in [6.07, 6.45) is 2.27.